The molecule has 0 unspecified atom stereocenters. The summed E-state index contributed by atoms with van der Waals surface area (Å²) in [6.45, 7) is 0.206. The van der Waals surface area contributed by atoms with Crippen LogP contribution in [0.4, 0.5) is 0 Å². The van der Waals surface area contributed by atoms with Crippen LogP contribution in [-0.2, 0) is 16.6 Å². The van der Waals surface area contributed by atoms with Crippen molar-refractivity contribution < 1.29 is 13.5 Å². The molecule has 112 valence electrons. The van der Waals surface area contributed by atoms with E-state index in [4.69, 9.17) is 0 Å². The van der Waals surface area contributed by atoms with Gasteiger partial charge in [-0.15, -0.1) is 0 Å². The lowest BCUT2D eigenvalue weighted by Crippen LogP contribution is -2.26. The van der Waals surface area contributed by atoms with Crippen molar-refractivity contribution in [2.75, 3.05) is 6.54 Å². The molecule has 0 heterocycles. The zero-order valence-electron chi connectivity index (χ0n) is 11.7. The number of sulfonamides is 1. The molecule has 4 nitrogen and oxygen atoms in total. The first kappa shape index (κ1) is 15.5. The molecule has 0 radical (unpaired) electrons. The van der Waals surface area contributed by atoms with Crippen molar-refractivity contribution in [1.82, 2.24) is 4.72 Å². The van der Waals surface area contributed by atoms with Crippen molar-refractivity contribution in [3.8, 4) is 0 Å². The van der Waals surface area contributed by atoms with E-state index in [2.05, 4.69) is 4.72 Å². The minimum Gasteiger partial charge on any atom is -0.392 e. The van der Waals surface area contributed by atoms with Gasteiger partial charge in [-0.25, -0.2) is 13.1 Å². The maximum atomic E-state index is 12.2. The molecule has 20 heavy (non-hydrogen) atoms. The van der Waals surface area contributed by atoms with Crippen molar-refractivity contribution in [1.29, 1.82) is 0 Å². The molecule has 1 aliphatic rings. The summed E-state index contributed by atoms with van der Waals surface area (Å²) in [5.41, 5.74) is 0.441. The molecule has 0 aliphatic heterocycles. The molecule has 0 atom stereocenters. The fourth-order valence-electron chi connectivity index (χ4n) is 2.87. The Morgan fingerprint density at radius 2 is 1.90 bits per heavy atom. The van der Waals surface area contributed by atoms with Crippen LogP contribution in [0.2, 0.25) is 0 Å². The average Bonchev–Trinajstić information content (AvgIpc) is 2.97. The SMILES string of the molecule is O=S(=O)(NCCCC1CCCC1)c1ccccc1CO. The molecule has 2 N–H and O–H groups in total. The number of hydrogen-bond donors (Lipinski definition) is 2. The molecule has 0 saturated heterocycles. The third-order valence-electron chi connectivity index (χ3n) is 3.99. The van der Waals surface area contributed by atoms with Gasteiger partial charge in [0.2, 0.25) is 10.0 Å². The summed E-state index contributed by atoms with van der Waals surface area (Å²) in [5.74, 6) is 0.782. The highest BCUT2D eigenvalue weighted by Crippen LogP contribution is 2.28. The van der Waals surface area contributed by atoms with Gasteiger partial charge in [0.25, 0.3) is 0 Å². The number of aliphatic hydroxyl groups is 1. The molecule has 0 aromatic heterocycles. The fourth-order valence-corrected chi connectivity index (χ4v) is 4.17. The fraction of sp³-hybridized carbons (Fsp3) is 0.600. The van der Waals surface area contributed by atoms with Crippen molar-refractivity contribution in [2.24, 2.45) is 5.92 Å². The summed E-state index contributed by atoms with van der Waals surface area (Å²) in [6, 6.07) is 6.56. The number of nitrogens with one attached hydrogen (secondary N) is 1. The van der Waals surface area contributed by atoms with Gasteiger partial charge in [-0.2, -0.15) is 0 Å². The van der Waals surface area contributed by atoms with Crippen LogP contribution in [0, 0.1) is 5.92 Å². The van der Waals surface area contributed by atoms with E-state index in [0.29, 0.717) is 12.1 Å². The molecular weight excluding hydrogens is 274 g/mol. The molecule has 1 aromatic rings. The predicted octanol–water partition coefficient (Wildman–Crippen LogP) is 2.43. The van der Waals surface area contributed by atoms with E-state index in [-0.39, 0.29) is 11.5 Å². The zero-order chi connectivity index (χ0) is 14.4. The lowest BCUT2D eigenvalue weighted by molar-refractivity contribution is 0.278. The monoisotopic (exact) mass is 297 g/mol. The van der Waals surface area contributed by atoms with Gasteiger partial charge in [0.1, 0.15) is 0 Å². The molecule has 2 rings (SSSR count). The Kier molecular flexibility index (Phi) is 5.57. The highest BCUT2D eigenvalue weighted by molar-refractivity contribution is 7.89. The largest absolute Gasteiger partial charge is 0.392 e. The van der Waals surface area contributed by atoms with Crippen molar-refractivity contribution in [3.63, 3.8) is 0 Å². The topological polar surface area (TPSA) is 66.4 Å². The minimum atomic E-state index is -3.51. The molecule has 0 spiro atoms. The van der Waals surface area contributed by atoms with Crippen LogP contribution in [0.15, 0.2) is 29.2 Å². The summed E-state index contributed by atoms with van der Waals surface area (Å²) in [5, 5.41) is 9.20. The van der Waals surface area contributed by atoms with Gasteiger partial charge < -0.3 is 5.11 Å². The van der Waals surface area contributed by atoms with Gasteiger partial charge in [-0.1, -0.05) is 43.9 Å². The molecule has 1 saturated carbocycles. The van der Waals surface area contributed by atoms with Crippen molar-refractivity contribution >= 4 is 10.0 Å². The standard InChI is InChI=1S/C15H23NO3S/c17-12-14-9-3-4-10-15(14)20(18,19)16-11-5-8-13-6-1-2-7-13/h3-4,9-10,13,16-17H,1-2,5-8,11-12H2. The second-order valence-corrected chi connectivity index (χ2v) is 7.19. The summed E-state index contributed by atoms with van der Waals surface area (Å²) < 4.78 is 27.0. The van der Waals surface area contributed by atoms with E-state index in [1.165, 1.54) is 31.7 Å². The number of rotatable bonds is 7. The van der Waals surface area contributed by atoms with Gasteiger partial charge >= 0.3 is 0 Å². The molecule has 1 fully saturated rings. The van der Waals surface area contributed by atoms with Crippen LogP contribution in [0.3, 0.4) is 0 Å². The number of benzene rings is 1. The Bertz CT molecular complexity index is 522. The van der Waals surface area contributed by atoms with Crippen LogP contribution >= 0.6 is 0 Å². The highest BCUT2D eigenvalue weighted by Gasteiger charge is 2.18. The second-order valence-electron chi connectivity index (χ2n) is 5.46. The number of hydrogen-bond acceptors (Lipinski definition) is 3. The van der Waals surface area contributed by atoms with E-state index in [1.807, 2.05) is 0 Å². The third kappa shape index (κ3) is 4.04. The van der Waals surface area contributed by atoms with Crippen LogP contribution in [-0.4, -0.2) is 20.1 Å². The molecule has 1 aliphatic carbocycles. The highest BCUT2D eigenvalue weighted by atomic mass is 32.2. The van der Waals surface area contributed by atoms with Crippen molar-refractivity contribution in [2.45, 2.75) is 50.0 Å². The summed E-state index contributed by atoms with van der Waals surface area (Å²) >= 11 is 0. The minimum absolute atomic E-state index is 0.184. The normalized spacial score (nSPS) is 16.6. The van der Waals surface area contributed by atoms with Gasteiger partial charge in [0, 0.05) is 6.54 Å². The van der Waals surface area contributed by atoms with Crippen LogP contribution in [0.1, 0.15) is 44.1 Å². The number of aliphatic hydroxyl groups excluding tert-OH is 1. The Morgan fingerprint density at radius 3 is 2.60 bits per heavy atom. The van der Waals surface area contributed by atoms with Gasteiger partial charge in [-0.05, 0) is 30.4 Å². The van der Waals surface area contributed by atoms with E-state index < -0.39 is 10.0 Å². The van der Waals surface area contributed by atoms with Gasteiger partial charge in [-0.3, -0.25) is 0 Å². The van der Waals surface area contributed by atoms with Crippen LogP contribution in [0.25, 0.3) is 0 Å². The third-order valence-corrected chi connectivity index (χ3v) is 5.55. The summed E-state index contributed by atoms with van der Waals surface area (Å²) in [7, 11) is -3.51. The second kappa shape index (κ2) is 7.20. The first-order chi connectivity index (χ1) is 9.63. The molecule has 5 heteroatoms. The van der Waals surface area contributed by atoms with E-state index in [0.717, 1.165) is 18.8 Å². The average molecular weight is 297 g/mol. The maximum absolute atomic E-state index is 12.2. The molecular formula is C15H23NO3S. The first-order valence-electron chi connectivity index (χ1n) is 7.32. The van der Waals surface area contributed by atoms with Crippen molar-refractivity contribution in [3.05, 3.63) is 29.8 Å². The maximum Gasteiger partial charge on any atom is 0.240 e. The Balaban J connectivity index is 1.87. The van der Waals surface area contributed by atoms with Crippen LogP contribution in [0.5, 0.6) is 0 Å². The molecule has 0 amide bonds. The molecule has 1 aromatic carbocycles. The lowest BCUT2D eigenvalue weighted by atomic mass is 10.0. The lowest BCUT2D eigenvalue weighted by Gasteiger charge is -2.11. The summed E-state index contributed by atoms with van der Waals surface area (Å²) in [6.07, 6.45) is 7.20. The predicted molar refractivity (Wildman–Crippen MR) is 78.7 cm³/mol. The molecule has 0 bridgehead atoms. The van der Waals surface area contributed by atoms with Gasteiger partial charge in [0.05, 0.1) is 11.5 Å². The van der Waals surface area contributed by atoms with E-state index >= 15 is 0 Å². The Labute approximate surface area is 121 Å². The Hall–Kier alpha value is -0.910. The van der Waals surface area contributed by atoms with E-state index in [1.54, 1.807) is 18.2 Å². The smallest absolute Gasteiger partial charge is 0.240 e. The van der Waals surface area contributed by atoms with E-state index in [9.17, 15) is 13.5 Å². The van der Waals surface area contributed by atoms with Gasteiger partial charge in [0.15, 0.2) is 0 Å². The Morgan fingerprint density at radius 1 is 1.20 bits per heavy atom. The quantitative estimate of drug-likeness (QED) is 0.760. The zero-order valence-corrected chi connectivity index (χ0v) is 12.5. The first-order valence-corrected chi connectivity index (χ1v) is 8.80. The van der Waals surface area contributed by atoms with Crippen LogP contribution < -0.4 is 4.72 Å². The summed E-state index contributed by atoms with van der Waals surface area (Å²) in [4.78, 5) is 0.184.